The van der Waals surface area contributed by atoms with Crippen molar-refractivity contribution in [3.63, 3.8) is 0 Å². The molecule has 1 aliphatic rings. The summed E-state index contributed by atoms with van der Waals surface area (Å²) in [5, 5.41) is 3.60. The van der Waals surface area contributed by atoms with Crippen LogP contribution in [0.3, 0.4) is 0 Å². The third-order valence-corrected chi connectivity index (χ3v) is 2.48. The van der Waals surface area contributed by atoms with Crippen LogP contribution in [0.2, 0.25) is 0 Å². The number of nitrogens with one attached hydrogen (secondary N) is 1. The molecule has 1 aliphatic carbocycles. The van der Waals surface area contributed by atoms with E-state index in [9.17, 15) is 0 Å². The van der Waals surface area contributed by atoms with Gasteiger partial charge in [0.15, 0.2) is 0 Å². The van der Waals surface area contributed by atoms with Crippen LogP contribution in [0.4, 0.5) is 0 Å². The summed E-state index contributed by atoms with van der Waals surface area (Å²) in [6, 6.07) is 6.78. The van der Waals surface area contributed by atoms with Crippen molar-refractivity contribution in [2.75, 3.05) is 0 Å². The minimum Gasteiger partial charge on any atom is -0.309 e. The van der Waals surface area contributed by atoms with Crippen LogP contribution in [0.5, 0.6) is 0 Å². The molecule has 14 heavy (non-hydrogen) atoms. The van der Waals surface area contributed by atoms with Crippen molar-refractivity contribution in [1.82, 2.24) is 10.3 Å². The molecule has 0 spiro atoms. The molecule has 0 radical (unpaired) electrons. The van der Waals surface area contributed by atoms with Crippen molar-refractivity contribution >= 4 is 0 Å². The average Bonchev–Trinajstić information content (AvgIpc) is 2.82. The van der Waals surface area contributed by atoms with Gasteiger partial charge < -0.3 is 5.32 Å². The maximum Gasteiger partial charge on any atom is 0.0450 e. The summed E-state index contributed by atoms with van der Waals surface area (Å²) in [6.45, 7) is 6.63. The highest BCUT2D eigenvalue weighted by molar-refractivity contribution is 5.21. The van der Waals surface area contributed by atoms with Gasteiger partial charge in [-0.15, -0.1) is 0 Å². The molecular weight excluding hydrogens is 172 g/mol. The predicted molar refractivity (Wildman–Crippen MR) is 58.3 cm³/mol. The van der Waals surface area contributed by atoms with E-state index in [-0.39, 0.29) is 5.54 Å². The highest BCUT2D eigenvalue weighted by atomic mass is 15.0. The van der Waals surface area contributed by atoms with E-state index in [0.29, 0.717) is 12.0 Å². The van der Waals surface area contributed by atoms with Gasteiger partial charge >= 0.3 is 0 Å². The zero-order valence-corrected chi connectivity index (χ0v) is 9.12. The Balaban J connectivity index is 1.94. The third kappa shape index (κ3) is 2.32. The van der Waals surface area contributed by atoms with E-state index in [4.69, 9.17) is 0 Å². The van der Waals surface area contributed by atoms with Gasteiger partial charge in [0.05, 0.1) is 0 Å². The fourth-order valence-electron chi connectivity index (χ4n) is 1.83. The van der Waals surface area contributed by atoms with Gasteiger partial charge in [-0.25, -0.2) is 0 Å². The van der Waals surface area contributed by atoms with Crippen LogP contribution in [0.1, 0.15) is 38.8 Å². The number of pyridine rings is 1. The van der Waals surface area contributed by atoms with Gasteiger partial charge in [0.25, 0.3) is 0 Å². The van der Waals surface area contributed by atoms with E-state index >= 15 is 0 Å². The second kappa shape index (κ2) is 3.35. The van der Waals surface area contributed by atoms with Gasteiger partial charge in [-0.05, 0) is 39.3 Å². The highest BCUT2D eigenvalue weighted by Gasteiger charge is 2.40. The van der Waals surface area contributed by atoms with E-state index < -0.39 is 0 Å². The molecule has 0 amide bonds. The molecule has 0 saturated heterocycles. The lowest BCUT2D eigenvalue weighted by Gasteiger charge is -2.20. The quantitative estimate of drug-likeness (QED) is 0.774. The van der Waals surface area contributed by atoms with Crippen LogP contribution in [0.25, 0.3) is 0 Å². The second-order valence-electron chi connectivity index (χ2n) is 5.10. The molecule has 1 aromatic rings. The molecule has 1 heterocycles. The van der Waals surface area contributed by atoms with Crippen molar-refractivity contribution < 1.29 is 0 Å². The molecular formula is C12H18N2. The number of hydrogen-bond donors (Lipinski definition) is 1. The normalized spacial score (nSPS) is 26.2. The molecule has 2 rings (SSSR count). The standard InChI is InChI=1S/C12H18N2/c1-12(2,3)14-11-8-9(11)10-6-4-5-7-13-10/h4-7,9,11,14H,8H2,1-3H3/t9-,11?/m0/s1. The lowest BCUT2D eigenvalue weighted by Crippen LogP contribution is -2.38. The van der Waals surface area contributed by atoms with Crippen LogP contribution in [-0.4, -0.2) is 16.6 Å². The van der Waals surface area contributed by atoms with E-state index in [1.165, 1.54) is 12.1 Å². The van der Waals surface area contributed by atoms with Gasteiger partial charge in [-0.2, -0.15) is 0 Å². The largest absolute Gasteiger partial charge is 0.309 e. The number of hydrogen-bond acceptors (Lipinski definition) is 2. The minimum atomic E-state index is 0.216. The number of aromatic nitrogens is 1. The highest BCUT2D eigenvalue weighted by Crippen LogP contribution is 2.40. The van der Waals surface area contributed by atoms with Crippen molar-refractivity contribution in [2.24, 2.45) is 0 Å². The third-order valence-electron chi connectivity index (χ3n) is 2.48. The fraction of sp³-hybridized carbons (Fsp3) is 0.583. The maximum atomic E-state index is 4.38. The minimum absolute atomic E-state index is 0.216. The van der Waals surface area contributed by atoms with E-state index in [1.54, 1.807) is 0 Å². The van der Waals surface area contributed by atoms with Crippen LogP contribution >= 0.6 is 0 Å². The Morgan fingerprint density at radius 3 is 2.71 bits per heavy atom. The maximum absolute atomic E-state index is 4.38. The fourth-order valence-corrected chi connectivity index (χ4v) is 1.83. The lowest BCUT2D eigenvalue weighted by molar-refractivity contribution is 0.418. The van der Waals surface area contributed by atoms with E-state index in [1.807, 2.05) is 12.3 Å². The molecule has 1 unspecified atom stereocenters. The Kier molecular flexibility index (Phi) is 2.31. The first kappa shape index (κ1) is 9.66. The summed E-state index contributed by atoms with van der Waals surface area (Å²) in [4.78, 5) is 4.38. The van der Waals surface area contributed by atoms with Crippen LogP contribution in [-0.2, 0) is 0 Å². The molecule has 0 aromatic carbocycles. The molecule has 76 valence electrons. The Morgan fingerprint density at radius 1 is 1.36 bits per heavy atom. The van der Waals surface area contributed by atoms with Crippen molar-refractivity contribution in [2.45, 2.75) is 44.7 Å². The summed E-state index contributed by atoms with van der Waals surface area (Å²) in [5.41, 5.74) is 1.45. The molecule has 1 saturated carbocycles. The molecule has 0 aliphatic heterocycles. The summed E-state index contributed by atoms with van der Waals surface area (Å²) >= 11 is 0. The van der Waals surface area contributed by atoms with E-state index in [2.05, 4.69) is 43.2 Å². The summed E-state index contributed by atoms with van der Waals surface area (Å²) < 4.78 is 0. The first-order chi connectivity index (χ1) is 6.56. The molecule has 0 bridgehead atoms. The first-order valence-corrected chi connectivity index (χ1v) is 5.25. The van der Waals surface area contributed by atoms with Crippen molar-refractivity contribution in [3.8, 4) is 0 Å². The van der Waals surface area contributed by atoms with Crippen LogP contribution in [0.15, 0.2) is 24.4 Å². The van der Waals surface area contributed by atoms with Gasteiger partial charge in [0, 0.05) is 29.4 Å². The summed E-state index contributed by atoms with van der Waals surface area (Å²) in [5.74, 6) is 0.635. The number of rotatable bonds is 2. The van der Waals surface area contributed by atoms with Crippen molar-refractivity contribution in [3.05, 3.63) is 30.1 Å². The molecule has 1 aromatic heterocycles. The van der Waals surface area contributed by atoms with Crippen LogP contribution in [0, 0.1) is 0 Å². The van der Waals surface area contributed by atoms with Crippen molar-refractivity contribution in [1.29, 1.82) is 0 Å². The summed E-state index contributed by atoms with van der Waals surface area (Å²) in [6.07, 6.45) is 3.11. The first-order valence-electron chi connectivity index (χ1n) is 5.25. The average molecular weight is 190 g/mol. The topological polar surface area (TPSA) is 24.9 Å². The monoisotopic (exact) mass is 190 g/mol. The lowest BCUT2D eigenvalue weighted by atomic mass is 10.1. The Bertz CT molecular complexity index is 300. The van der Waals surface area contributed by atoms with Gasteiger partial charge in [0.2, 0.25) is 0 Å². The van der Waals surface area contributed by atoms with Gasteiger partial charge in [-0.1, -0.05) is 6.07 Å². The zero-order chi connectivity index (χ0) is 10.2. The molecule has 2 heteroatoms. The van der Waals surface area contributed by atoms with Gasteiger partial charge in [0.1, 0.15) is 0 Å². The molecule has 1 fully saturated rings. The Labute approximate surface area is 85.7 Å². The molecule has 2 nitrogen and oxygen atoms in total. The molecule has 1 N–H and O–H groups in total. The SMILES string of the molecule is CC(C)(C)NC1C[C@H]1c1ccccn1. The second-order valence-corrected chi connectivity index (χ2v) is 5.10. The molecule has 2 atom stereocenters. The zero-order valence-electron chi connectivity index (χ0n) is 9.12. The van der Waals surface area contributed by atoms with Crippen LogP contribution < -0.4 is 5.32 Å². The summed E-state index contributed by atoms with van der Waals surface area (Å²) in [7, 11) is 0. The Hall–Kier alpha value is -0.890. The Morgan fingerprint density at radius 2 is 2.14 bits per heavy atom. The smallest absolute Gasteiger partial charge is 0.0450 e. The predicted octanol–water partition coefficient (Wildman–Crippen LogP) is 2.33. The van der Waals surface area contributed by atoms with Gasteiger partial charge in [-0.3, -0.25) is 4.98 Å². The van der Waals surface area contributed by atoms with E-state index in [0.717, 1.165) is 0 Å². The number of nitrogens with zero attached hydrogens (tertiary/aromatic N) is 1.